The van der Waals surface area contributed by atoms with E-state index in [1.54, 1.807) is 16.4 Å². The second kappa shape index (κ2) is 7.57. The van der Waals surface area contributed by atoms with Gasteiger partial charge < -0.3 is 4.90 Å². The maximum absolute atomic E-state index is 12.7. The molecular formula is C17H28N2O2S. The molecule has 0 atom stereocenters. The van der Waals surface area contributed by atoms with Crippen LogP contribution in [0.15, 0.2) is 29.2 Å². The maximum atomic E-state index is 12.7. The molecule has 1 saturated heterocycles. The molecule has 1 heterocycles. The summed E-state index contributed by atoms with van der Waals surface area (Å²) < 4.78 is 27.0. The van der Waals surface area contributed by atoms with E-state index in [0.29, 0.717) is 23.9 Å². The molecule has 1 fully saturated rings. The summed E-state index contributed by atoms with van der Waals surface area (Å²) in [4.78, 5) is 2.75. The molecule has 5 heteroatoms. The number of benzene rings is 1. The van der Waals surface area contributed by atoms with E-state index >= 15 is 0 Å². The van der Waals surface area contributed by atoms with Crippen LogP contribution < -0.4 is 0 Å². The molecule has 1 aromatic carbocycles. The van der Waals surface area contributed by atoms with E-state index in [1.165, 1.54) is 5.56 Å². The minimum absolute atomic E-state index is 0.420. The van der Waals surface area contributed by atoms with Crippen LogP contribution in [0.1, 0.15) is 32.8 Å². The molecule has 124 valence electrons. The lowest BCUT2D eigenvalue weighted by molar-refractivity contribution is 0.188. The third-order valence-electron chi connectivity index (χ3n) is 4.08. The zero-order valence-electron chi connectivity index (χ0n) is 14.0. The molecule has 0 aromatic heterocycles. The number of hydrogen-bond donors (Lipinski definition) is 0. The van der Waals surface area contributed by atoms with Gasteiger partial charge >= 0.3 is 0 Å². The van der Waals surface area contributed by atoms with E-state index < -0.39 is 10.0 Å². The highest BCUT2D eigenvalue weighted by Crippen LogP contribution is 2.19. The lowest BCUT2D eigenvalue weighted by Gasteiger charge is -2.33. The Labute approximate surface area is 135 Å². The van der Waals surface area contributed by atoms with Gasteiger partial charge in [-0.25, -0.2) is 8.42 Å². The average molecular weight is 324 g/mol. The fourth-order valence-electron chi connectivity index (χ4n) is 2.93. The maximum Gasteiger partial charge on any atom is 0.243 e. The number of piperazine rings is 1. The number of rotatable bonds is 6. The Hall–Kier alpha value is -0.910. The van der Waals surface area contributed by atoms with Crippen LogP contribution in [0.3, 0.4) is 0 Å². The summed E-state index contributed by atoms with van der Waals surface area (Å²) in [5.74, 6) is 0.578. The highest BCUT2D eigenvalue weighted by Gasteiger charge is 2.28. The fraction of sp³-hybridized carbons (Fsp3) is 0.647. The molecule has 22 heavy (non-hydrogen) atoms. The van der Waals surface area contributed by atoms with Crippen molar-refractivity contribution in [3.8, 4) is 0 Å². The van der Waals surface area contributed by atoms with Crippen molar-refractivity contribution in [1.29, 1.82) is 0 Å². The van der Waals surface area contributed by atoms with E-state index in [9.17, 15) is 8.42 Å². The first-order chi connectivity index (χ1) is 10.4. The second-order valence-electron chi connectivity index (χ2n) is 6.49. The van der Waals surface area contributed by atoms with Gasteiger partial charge in [0.15, 0.2) is 0 Å². The highest BCUT2D eigenvalue weighted by atomic mass is 32.2. The van der Waals surface area contributed by atoms with Crippen LogP contribution in [0.4, 0.5) is 0 Å². The van der Waals surface area contributed by atoms with Gasteiger partial charge in [0.2, 0.25) is 10.0 Å². The monoisotopic (exact) mass is 324 g/mol. The number of nitrogens with zero attached hydrogens (tertiary/aromatic N) is 2. The van der Waals surface area contributed by atoms with Crippen molar-refractivity contribution < 1.29 is 8.42 Å². The Morgan fingerprint density at radius 1 is 1.05 bits per heavy atom. The Morgan fingerprint density at radius 3 is 2.14 bits per heavy atom. The quantitative estimate of drug-likeness (QED) is 0.807. The molecule has 1 aromatic rings. The van der Waals surface area contributed by atoms with Crippen molar-refractivity contribution in [3.05, 3.63) is 29.8 Å². The van der Waals surface area contributed by atoms with Gasteiger partial charge in [0, 0.05) is 26.2 Å². The zero-order valence-corrected chi connectivity index (χ0v) is 14.8. The van der Waals surface area contributed by atoms with Gasteiger partial charge in [-0.05, 0) is 43.0 Å². The second-order valence-corrected chi connectivity index (χ2v) is 8.43. The van der Waals surface area contributed by atoms with Crippen molar-refractivity contribution in [2.24, 2.45) is 5.92 Å². The molecular weight excluding hydrogens is 296 g/mol. The van der Waals surface area contributed by atoms with Crippen LogP contribution in [-0.4, -0.2) is 50.3 Å². The fourth-order valence-corrected chi connectivity index (χ4v) is 4.35. The molecule has 4 nitrogen and oxygen atoms in total. The molecule has 0 spiro atoms. The van der Waals surface area contributed by atoms with Gasteiger partial charge in [0.1, 0.15) is 0 Å². The van der Waals surface area contributed by atoms with Crippen LogP contribution in [0.2, 0.25) is 0 Å². The topological polar surface area (TPSA) is 40.6 Å². The molecule has 0 unspecified atom stereocenters. The summed E-state index contributed by atoms with van der Waals surface area (Å²) in [6, 6.07) is 7.40. The number of hydrogen-bond acceptors (Lipinski definition) is 3. The average Bonchev–Trinajstić information content (AvgIpc) is 2.48. The molecule has 1 aliphatic heterocycles. The van der Waals surface area contributed by atoms with E-state index in [-0.39, 0.29) is 0 Å². The summed E-state index contributed by atoms with van der Waals surface area (Å²) in [6.07, 6.45) is 2.10. The molecule has 0 saturated carbocycles. The smallest absolute Gasteiger partial charge is 0.243 e. The Bertz CT molecular complexity index is 559. The van der Waals surface area contributed by atoms with Gasteiger partial charge in [-0.2, -0.15) is 4.31 Å². The van der Waals surface area contributed by atoms with E-state index in [0.717, 1.165) is 32.5 Å². The van der Waals surface area contributed by atoms with Gasteiger partial charge in [-0.3, -0.25) is 0 Å². The van der Waals surface area contributed by atoms with Gasteiger partial charge in [-0.1, -0.05) is 32.9 Å². The van der Waals surface area contributed by atoms with Crippen LogP contribution in [-0.2, 0) is 16.4 Å². The first-order valence-corrected chi connectivity index (χ1v) is 9.69. The Kier molecular flexibility index (Phi) is 6.01. The lowest BCUT2D eigenvalue weighted by atomic mass is 10.0. The van der Waals surface area contributed by atoms with Gasteiger partial charge in [0.05, 0.1) is 4.90 Å². The van der Waals surface area contributed by atoms with Crippen molar-refractivity contribution in [2.75, 3.05) is 32.7 Å². The minimum atomic E-state index is -3.34. The third-order valence-corrected chi connectivity index (χ3v) is 5.99. The SMILES string of the molecule is CCCN1CCN(S(=O)(=O)c2ccc(CC(C)C)cc2)CC1. The summed E-state index contributed by atoms with van der Waals surface area (Å²) in [5.41, 5.74) is 1.20. The standard InChI is InChI=1S/C17H28N2O2S/c1-4-9-18-10-12-19(13-11-18)22(20,21)17-7-5-16(6-8-17)14-15(2)3/h5-8,15H,4,9-14H2,1-3H3. The van der Waals surface area contributed by atoms with Crippen molar-refractivity contribution in [3.63, 3.8) is 0 Å². The Balaban J connectivity index is 2.04. The largest absolute Gasteiger partial charge is 0.301 e. The lowest BCUT2D eigenvalue weighted by Crippen LogP contribution is -2.48. The zero-order chi connectivity index (χ0) is 16.2. The van der Waals surface area contributed by atoms with Crippen molar-refractivity contribution in [2.45, 2.75) is 38.5 Å². The third kappa shape index (κ3) is 4.31. The predicted molar refractivity (Wildman–Crippen MR) is 90.5 cm³/mol. The van der Waals surface area contributed by atoms with Crippen LogP contribution in [0.25, 0.3) is 0 Å². The van der Waals surface area contributed by atoms with Crippen LogP contribution >= 0.6 is 0 Å². The van der Waals surface area contributed by atoms with Gasteiger partial charge in [-0.15, -0.1) is 0 Å². The molecule has 0 aliphatic carbocycles. The number of sulfonamides is 1. The van der Waals surface area contributed by atoms with E-state index in [2.05, 4.69) is 25.7 Å². The predicted octanol–water partition coefficient (Wildman–Crippen LogP) is 2.60. The molecule has 0 amide bonds. The summed E-state index contributed by atoms with van der Waals surface area (Å²) >= 11 is 0. The van der Waals surface area contributed by atoms with Crippen LogP contribution in [0.5, 0.6) is 0 Å². The molecule has 0 bridgehead atoms. The van der Waals surface area contributed by atoms with E-state index in [4.69, 9.17) is 0 Å². The minimum Gasteiger partial charge on any atom is -0.301 e. The normalized spacial score (nSPS) is 18.0. The van der Waals surface area contributed by atoms with Gasteiger partial charge in [0.25, 0.3) is 0 Å². The highest BCUT2D eigenvalue weighted by molar-refractivity contribution is 7.89. The van der Waals surface area contributed by atoms with E-state index in [1.807, 2.05) is 12.1 Å². The Morgan fingerprint density at radius 2 is 1.64 bits per heavy atom. The summed E-state index contributed by atoms with van der Waals surface area (Å²) in [6.45, 7) is 10.4. The van der Waals surface area contributed by atoms with Crippen molar-refractivity contribution >= 4 is 10.0 Å². The summed E-state index contributed by atoms with van der Waals surface area (Å²) in [5, 5.41) is 0. The van der Waals surface area contributed by atoms with Crippen molar-refractivity contribution in [1.82, 2.24) is 9.21 Å². The molecule has 2 rings (SSSR count). The first kappa shape index (κ1) is 17.4. The molecule has 0 radical (unpaired) electrons. The summed E-state index contributed by atoms with van der Waals surface area (Å²) in [7, 11) is -3.34. The van der Waals surface area contributed by atoms with Crippen LogP contribution in [0, 0.1) is 5.92 Å². The molecule has 0 N–H and O–H groups in total. The first-order valence-electron chi connectivity index (χ1n) is 8.25. The molecule has 1 aliphatic rings.